The first-order chi connectivity index (χ1) is 15.2. The van der Waals surface area contributed by atoms with Crippen LogP contribution in [0.4, 0.5) is 0 Å². The Morgan fingerprint density at radius 3 is 1.61 bits per heavy atom. The highest BCUT2D eigenvalue weighted by atomic mass is 16.5. The number of ether oxygens (including phenoxy) is 2. The molecule has 0 aliphatic heterocycles. The normalized spacial score (nSPS) is 33.8. The summed E-state index contributed by atoms with van der Waals surface area (Å²) in [6, 6.07) is 2.17. The number of carbonyl (C=O) groups excluding carboxylic acids is 1. The second-order valence-electron chi connectivity index (χ2n) is 10.6. The number of rotatable bonds is 7. The van der Waals surface area contributed by atoms with Gasteiger partial charge in [-0.2, -0.15) is 0 Å². The zero-order valence-electron chi connectivity index (χ0n) is 19.6. The molecule has 176 valence electrons. The Morgan fingerprint density at radius 1 is 0.613 bits per heavy atom. The molecule has 0 unspecified atom stereocenters. The van der Waals surface area contributed by atoms with Crippen LogP contribution >= 0.6 is 0 Å². The van der Waals surface area contributed by atoms with Gasteiger partial charge in [-0.05, 0) is 77.0 Å². The lowest BCUT2D eigenvalue weighted by molar-refractivity contribution is -0.145. The summed E-state index contributed by atoms with van der Waals surface area (Å²) in [4.78, 5) is 14.6. The fraction of sp³-hybridized carbons (Fsp3) is 0.889. The molecule has 4 aliphatic rings. The van der Waals surface area contributed by atoms with E-state index in [-0.39, 0.29) is 12.1 Å². The monoisotopic (exact) mass is 431 g/mol. The van der Waals surface area contributed by atoms with Gasteiger partial charge in [0.2, 0.25) is 0 Å². The fourth-order valence-electron chi connectivity index (χ4n) is 6.90. The molecule has 4 fully saturated rings. The summed E-state index contributed by atoms with van der Waals surface area (Å²) in [5.74, 6) is -0.260. The Hall–Kier alpha value is -0.870. The van der Waals surface area contributed by atoms with Gasteiger partial charge in [0, 0.05) is 24.2 Å². The SMILES string of the molecule is C=CC(=O)OC1CCC(N(C2CCCCC2)C2CCC(OC3CCCCC3)CC2)CC1. The molecule has 0 aromatic rings. The van der Waals surface area contributed by atoms with Gasteiger partial charge in [-0.25, -0.2) is 4.79 Å². The van der Waals surface area contributed by atoms with Crippen molar-refractivity contribution in [3.05, 3.63) is 12.7 Å². The maximum Gasteiger partial charge on any atom is 0.330 e. The van der Waals surface area contributed by atoms with E-state index in [1.807, 2.05) is 0 Å². The Morgan fingerprint density at radius 2 is 1.06 bits per heavy atom. The molecule has 0 radical (unpaired) electrons. The van der Waals surface area contributed by atoms with Crippen LogP contribution in [0.1, 0.15) is 116 Å². The van der Waals surface area contributed by atoms with Crippen molar-refractivity contribution in [2.24, 2.45) is 0 Å². The van der Waals surface area contributed by atoms with Gasteiger partial charge in [-0.1, -0.05) is 45.1 Å². The second kappa shape index (κ2) is 11.8. The van der Waals surface area contributed by atoms with Crippen molar-refractivity contribution < 1.29 is 14.3 Å². The molecule has 4 aliphatic carbocycles. The molecular formula is C27H45NO3. The molecule has 4 nitrogen and oxygen atoms in total. The lowest BCUT2D eigenvalue weighted by Crippen LogP contribution is -2.53. The average molecular weight is 432 g/mol. The summed E-state index contributed by atoms with van der Waals surface area (Å²) in [6.45, 7) is 3.54. The van der Waals surface area contributed by atoms with Crippen molar-refractivity contribution in [2.75, 3.05) is 0 Å². The number of carbonyl (C=O) groups is 1. The zero-order valence-corrected chi connectivity index (χ0v) is 19.6. The minimum Gasteiger partial charge on any atom is -0.459 e. The van der Waals surface area contributed by atoms with Crippen LogP contribution in [0.25, 0.3) is 0 Å². The van der Waals surface area contributed by atoms with E-state index in [4.69, 9.17) is 9.47 Å². The average Bonchev–Trinajstić information content (AvgIpc) is 2.83. The molecule has 0 heterocycles. The minimum atomic E-state index is -0.260. The maximum atomic E-state index is 11.6. The minimum absolute atomic E-state index is 0.0922. The summed E-state index contributed by atoms with van der Waals surface area (Å²) in [7, 11) is 0. The fourth-order valence-corrected chi connectivity index (χ4v) is 6.90. The summed E-state index contributed by atoms with van der Waals surface area (Å²) in [6.07, 6.45) is 25.6. The molecule has 0 atom stereocenters. The van der Waals surface area contributed by atoms with Crippen LogP contribution in [0.2, 0.25) is 0 Å². The van der Waals surface area contributed by atoms with Crippen LogP contribution in [0.3, 0.4) is 0 Å². The van der Waals surface area contributed by atoms with Gasteiger partial charge in [0.1, 0.15) is 6.10 Å². The van der Waals surface area contributed by atoms with E-state index in [0.717, 1.165) is 24.9 Å². The molecule has 0 aromatic heterocycles. The van der Waals surface area contributed by atoms with Crippen molar-refractivity contribution in [2.45, 2.75) is 152 Å². The highest BCUT2D eigenvalue weighted by Gasteiger charge is 2.38. The Balaban J connectivity index is 1.31. The number of hydrogen-bond acceptors (Lipinski definition) is 4. The van der Waals surface area contributed by atoms with E-state index >= 15 is 0 Å². The van der Waals surface area contributed by atoms with E-state index < -0.39 is 0 Å². The van der Waals surface area contributed by atoms with Crippen LogP contribution < -0.4 is 0 Å². The number of nitrogens with zero attached hydrogens (tertiary/aromatic N) is 1. The lowest BCUT2D eigenvalue weighted by atomic mass is 9.83. The molecule has 0 bridgehead atoms. The Kier molecular flexibility index (Phi) is 8.89. The first-order valence-corrected chi connectivity index (χ1v) is 13.5. The van der Waals surface area contributed by atoms with Crippen LogP contribution in [0.5, 0.6) is 0 Å². The first-order valence-electron chi connectivity index (χ1n) is 13.5. The molecule has 0 N–H and O–H groups in total. The molecule has 0 spiro atoms. The van der Waals surface area contributed by atoms with Gasteiger partial charge in [-0.15, -0.1) is 0 Å². The topological polar surface area (TPSA) is 38.8 Å². The Labute approximate surface area is 190 Å². The van der Waals surface area contributed by atoms with E-state index in [1.165, 1.54) is 109 Å². The van der Waals surface area contributed by atoms with Crippen LogP contribution in [0, 0.1) is 0 Å². The third-order valence-electron chi connectivity index (χ3n) is 8.51. The van der Waals surface area contributed by atoms with Crippen LogP contribution in [-0.2, 0) is 14.3 Å². The molecule has 0 amide bonds. The molecular weight excluding hydrogens is 386 g/mol. The van der Waals surface area contributed by atoms with E-state index in [2.05, 4.69) is 11.5 Å². The van der Waals surface area contributed by atoms with Crippen molar-refractivity contribution in [1.29, 1.82) is 0 Å². The van der Waals surface area contributed by atoms with Gasteiger partial charge < -0.3 is 9.47 Å². The molecule has 4 heteroatoms. The molecule has 0 saturated heterocycles. The summed E-state index contributed by atoms with van der Waals surface area (Å²) in [5.41, 5.74) is 0. The largest absolute Gasteiger partial charge is 0.459 e. The van der Waals surface area contributed by atoms with E-state index in [1.54, 1.807) is 0 Å². The van der Waals surface area contributed by atoms with E-state index in [9.17, 15) is 4.79 Å². The quantitative estimate of drug-likeness (QED) is 0.349. The predicted molar refractivity (Wildman–Crippen MR) is 125 cm³/mol. The molecule has 0 aromatic carbocycles. The van der Waals surface area contributed by atoms with Crippen molar-refractivity contribution in [3.8, 4) is 0 Å². The number of hydrogen-bond donors (Lipinski definition) is 0. The summed E-state index contributed by atoms with van der Waals surface area (Å²) < 4.78 is 12.1. The molecule has 4 rings (SSSR count). The maximum absolute atomic E-state index is 11.6. The van der Waals surface area contributed by atoms with E-state index in [0.29, 0.717) is 18.2 Å². The van der Waals surface area contributed by atoms with Gasteiger partial charge >= 0.3 is 5.97 Å². The van der Waals surface area contributed by atoms with Gasteiger partial charge in [-0.3, -0.25) is 4.90 Å². The van der Waals surface area contributed by atoms with Crippen molar-refractivity contribution in [1.82, 2.24) is 4.90 Å². The highest BCUT2D eigenvalue weighted by Crippen LogP contribution is 2.37. The summed E-state index contributed by atoms with van der Waals surface area (Å²) in [5, 5.41) is 0. The third-order valence-corrected chi connectivity index (χ3v) is 8.51. The smallest absolute Gasteiger partial charge is 0.330 e. The van der Waals surface area contributed by atoms with Gasteiger partial charge in [0.15, 0.2) is 0 Å². The predicted octanol–water partition coefficient (Wildman–Crippen LogP) is 6.32. The standard InChI is InChI=1S/C27H45NO3/c1-2-27(29)31-26-19-15-23(16-20-26)28(21-9-5-3-6-10-21)22-13-17-25(18-14-22)30-24-11-7-4-8-12-24/h2,21-26H,1,3-20H2. The van der Waals surface area contributed by atoms with Crippen molar-refractivity contribution >= 4 is 5.97 Å². The third kappa shape index (κ3) is 6.57. The molecule has 4 saturated carbocycles. The highest BCUT2D eigenvalue weighted by molar-refractivity contribution is 5.81. The van der Waals surface area contributed by atoms with Gasteiger partial charge in [0.25, 0.3) is 0 Å². The molecule has 31 heavy (non-hydrogen) atoms. The second-order valence-corrected chi connectivity index (χ2v) is 10.6. The van der Waals surface area contributed by atoms with Crippen LogP contribution in [-0.4, -0.2) is 47.3 Å². The zero-order chi connectivity index (χ0) is 21.5. The van der Waals surface area contributed by atoms with Crippen molar-refractivity contribution in [3.63, 3.8) is 0 Å². The summed E-state index contributed by atoms with van der Waals surface area (Å²) >= 11 is 0. The lowest BCUT2D eigenvalue weighted by Gasteiger charge is -2.49. The number of esters is 1. The van der Waals surface area contributed by atoms with Crippen LogP contribution in [0.15, 0.2) is 12.7 Å². The Bertz CT molecular complexity index is 551. The van der Waals surface area contributed by atoms with Gasteiger partial charge in [0.05, 0.1) is 12.2 Å². The first kappa shape index (κ1) is 23.3.